The minimum Gasteiger partial charge on any atom is -0.361 e. The van der Waals surface area contributed by atoms with Gasteiger partial charge in [0.15, 0.2) is 0 Å². The van der Waals surface area contributed by atoms with E-state index in [9.17, 15) is 4.79 Å². The molecule has 2 aromatic rings. The third-order valence-electron chi connectivity index (χ3n) is 3.57. The van der Waals surface area contributed by atoms with Crippen molar-refractivity contribution in [2.75, 3.05) is 6.54 Å². The Morgan fingerprint density at radius 3 is 2.85 bits per heavy atom. The van der Waals surface area contributed by atoms with Crippen LogP contribution < -0.4 is 0 Å². The number of amides is 1. The molecule has 104 valence electrons. The molecule has 20 heavy (non-hydrogen) atoms. The molecule has 0 radical (unpaired) electrons. The van der Waals surface area contributed by atoms with Gasteiger partial charge in [-0.05, 0) is 23.1 Å². The number of H-pyrrole nitrogens is 1. The Kier molecular flexibility index (Phi) is 2.89. The minimum absolute atomic E-state index is 0.0773. The van der Waals surface area contributed by atoms with Gasteiger partial charge in [-0.1, -0.05) is 32.9 Å². The standard InChI is InChI=1S/C16H19N3O/c1-16(2,3)15(20)19-9-7-13(18-19)12-5-4-11-6-8-17-14(11)10-12/h4-6,8,10,17H,7,9H2,1-3H3. The first-order chi connectivity index (χ1) is 9.45. The van der Waals surface area contributed by atoms with Gasteiger partial charge in [0.25, 0.3) is 0 Å². The van der Waals surface area contributed by atoms with Crippen molar-refractivity contribution in [2.45, 2.75) is 27.2 Å². The first kappa shape index (κ1) is 12.9. The van der Waals surface area contributed by atoms with Crippen LogP contribution in [0.15, 0.2) is 35.6 Å². The fraction of sp³-hybridized carbons (Fsp3) is 0.375. The fourth-order valence-corrected chi connectivity index (χ4v) is 2.42. The van der Waals surface area contributed by atoms with Gasteiger partial charge in [-0.2, -0.15) is 5.10 Å². The molecule has 1 N–H and O–H groups in total. The summed E-state index contributed by atoms with van der Waals surface area (Å²) in [4.78, 5) is 15.4. The average molecular weight is 269 g/mol. The summed E-state index contributed by atoms with van der Waals surface area (Å²) in [5.74, 6) is 0.0773. The Balaban J connectivity index is 1.89. The number of nitrogens with zero attached hydrogens (tertiary/aromatic N) is 2. The number of rotatable bonds is 1. The number of hydrazone groups is 1. The zero-order valence-electron chi connectivity index (χ0n) is 12.1. The van der Waals surface area contributed by atoms with Crippen LogP contribution >= 0.6 is 0 Å². The molecule has 1 aromatic carbocycles. The monoisotopic (exact) mass is 269 g/mol. The van der Waals surface area contributed by atoms with Crippen molar-refractivity contribution >= 4 is 22.5 Å². The van der Waals surface area contributed by atoms with Crippen LogP contribution in [0, 0.1) is 5.41 Å². The molecule has 3 rings (SSSR count). The Labute approximate surface area is 118 Å². The molecule has 1 aliphatic heterocycles. The van der Waals surface area contributed by atoms with Crippen molar-refractivity contribution in [1.29, 1.82) is 0 Å². The van der Waals surface area contributed by atoms with E-state index in [1.54, 1.807) is 5.01 Å². The lowest BCUT2D eigenvalue weighted by Crippen LogP contribution is -2.34. The second-order valence-corrected chi connectivity index (χ2v) is 6.25. The highest BCUT2D eigenvalue weighted by molar-refractivity contribution is 6.05. The molecule has 1 amide bonds. The van der Waals surface area contributed by atoms with E-state index in [2.05, 4.69) is 28.3 Å². The summed E-state index contributed by atoms with van der Waals surface area (Å²) in [6, 6.07) is 8.29. The van der Waals surface area contributed by atoms with Crippen LogP contribution in [-0.2, 0) is 4.79 Å². The first-order valence-electron chi connectivity index (χ1n) is 6.92. The molecule has 4 nitrogen and oxygen atoms in total. The second kappa shape index (κ2) is 4.47. The van der Waals surface area contributed by atoms with Crippen LogP contribution in [-0.4, -0.2) is 28.2 Å². The zero-order chi connectivity index (χ0) is 14.3. The molecular weight excluding hydrogens is 250 g/mol. The Morgan fingerprint density at radius 1 is 1.30 bits per heavy atom. The molecule has 1 aromatic heterocycles. The zero-order valence-corrected chi connectivity index (χ0v) is 12.1. The number of hydrogen-bond acceptors (Lipinski definition) is 2. The van der Waals surface area contributed by atoms with Crippen LogP contribution in [0.2, 0.25) is 0 Å². The smallest absolute Gasteiger partial charge is 0.248 e. The topological polar surface area (TPSA) is 48.5 Å². The Bertz CT molecular complexity index is 691. The molecule has 2 heterocycles. The Hall–Kier alpha value is -2.10. The van der Waals surface area contributed by atoms with Gasteiger partial charge in [-0.25, -0.2) is 5.01 Å². The summed E-state index contributed by atoms with van der Waals surface area (Å²) in [7, 11) is 0. The molecule has 0 fully saturated rings. The number of carbonyl (C=O) groups is 1. The predicted octanol–water partition coefficient (Wildman–Crippen LogP) is 3.15. The maximum Gasteiger partial charge on any atom is 0.248 e. The average Bonchev–Trinajstić information content (AvgIpc) is 3.04. The van der Waals surface area contributed by atoms with Gasteiger partial charge in [0.2, 0.25) is 5.91 Å². The molecular formula is C16H19N3O. The van der Waals surface area contributed by atoms with E-state index in [1.165, 1.54) is 5.39 Å². The van der Waals surface area contributed by atoms with Gasteiger partial charge in [-0.3, -0.25) is 4.79 Å². The first-order valence-corrected chi connectivity index (χ1v) is 6.92. The van der Waals surface area contributed by atoms with Gasteiger partial charge >= 0.3 is 0 Å². The summed E-state index contributed by atoms with van der Waals surface area (Å²) >= 11 is 0. The van der Waals surface area contributed by atoms with E-state index in [0.717, 1.165) is 23.2 Å². The van der Waals surface area contributed by atoms with Crippen LogP contribution in [0.1, 0.15) is 32.8 Å². The van der Waals surface area contributed by atoms with E-state index in [0.29, 0.717) is 6.54 Å². The molecule has 0 saturated heterocycles. The van der Waals surface area contributed by atoms with Crippen molar-refractivity contribution in [3.8, 4) is 0 Å². The van der Waals surface area contributed by atoms with Crippen molar-refractivity contribution in [2.24, 2.45) is 10.5 Å². The van der Waals surface area contributed by atoms with E-state index in [-0.39, 0.29) is 11.3 Å². The lowest BCUT2D eigenvalue weighted by molar-refractivity contribution is -0.138. The van der Waals surface area contributed by atoms with Crippen LogP contribution in [0.4, 0.5) is 0 Å². The SMILES string of the molecule is CC(C)(C)C(=O)N1CCC(c2ccc3cc[nH]c3c2)=N1. The van der Waals surface area contributed by atoms with Crippen LogP contribution in [0.25, 0.3) is 10.9 Å². The number of aromatic nitrogens is 1. The van der Waals surface area contributed by atoms with E-state index < -0.39 is 0 Å². The lowest BCUT2D eigenvalue weighted by atomic mass is 9.95. The van der Waals surface area contributed by atoms with Gasteiger partial charge in [0.05, 0.1) is 12.3 Å². The van der Waals surface area contributed by atoms with Crippen molar-refractivity contribution in [3.63, 3.8) is 0 Å². The molecule has 4 heteroatoms. The van der Waals surface area contributed by atoms with Crippen LogP contribution in [0.5, 0.6) is 0 Å². The second-order valence-electron chi connectivity index (χ2n) is 6.25. The van der Waals surface area contributed by atoms with Crippen LogP contribution in [0.3, 0.4) is 0 Å². The highest BCUT2D eigenvalue weighted by atomic mass is 16.2. The third-order valence-corrected chi connectivity index (χ3v) is 3.57. The number of benzene rings is 1. The quantitative estimate of drug-likeness (QED) is 0.849. The molecule has 0 atom stereocenters. The van der Waals surface area contributed by atoms with E-state index in [4.69, 9.17) is 0 Å². The fourth-order valence-electron chi connectivity index (χ4n) is 2.42. The minimum atomic E-state index is -0.387. The summed E-state index contributed by atoms with van der Waals surface area (Å²) < 4.78 is 0. The summed E-state index contributed by atoms with van der Waals surface area (Å²) in [6.45, 7) is 6.45. The van der Waals surface area contributed by atoms with Crippen molar-refractivity contribution < 1.29 is 4.79 Å². The number of aromatic amines is 1. The van der Waals surface area contributed by atoms with Gasteiger partial charge < -0.3 is 4.98 Å². The normalized spacial score (nSPS) is 15.8. The predicted molar refractivity (Wildman–Crippen MR) is 80.6 cm³/mol. The van der Waals surface area contributed by atoms with Crippen molar-refractivity contribution in [3.05, 3.63) is 36.0 Å². The van der Waals surface area contributed by atoms with Gasteiger partial charge in [0.1, 0.15) is 0 Å². The number of hydrogen-bond donors (Lipinski definition) is 1. The summed E-state index contributed by atoms with van der Waals surface area (Å²) in [5.41, 5.74) is 2.79. The number of fused-ring (bicyclic) bond motifs is 1. The molecule has 0 aliphatic carbocycles. The summed E-state index contributed by atoms with van der Waals surface area (Å²) in [6.07, 6.45) is 2.74. The number of nitrogens with one attached hydrogen (secondary N) is 1. The van der Waals surface area contributed by atoms with Crippen molar-refractivity contribution in [1.82, 2.24) is 9.99 Å². The highest BCUT2D eigenvalue weighted by Crippen LogP contribution is 2.23. The van der Waals surface area contributed by atoms with E-state index in [1.807, 2.05) is 33.0 Å². The number of carbonyl (C=O) groups excluding carboxylic acids is 1. The molecule has 0 spiro atoms. The Morgan fingerprint density at radius 2 is 2.10 bits per heavy atom. The third kappa shape index (κ3) is 2.22. The molecule has 1 aliphatic rings. The highest BCUT2D eigenvalue weighted by Gasteiger charge is 2.30. The van der Waals surface area contributed by atoms with Gasteiger partial charge in [-0.15, -0.1) is 0 Å². The maximum atomic E-state index is 12.2. The maximum absolute atomic E-state index is 12.2. The molecule has 0 saturated carbocycles. The molecule has 0 unspecified atom stereocenters. The van der Waals surface area contributed by atoms with Gasteiger partial charge in [0, 0.05) is 23.5 Å². The van der Waals surface area contributed by atoms with E-state index >= 15 is 0 Å². The largest absolute Gasteiger partial charge is 0.361 e. The molecule has 0 bridgehead atoms. The lowest BCUT2D eigenvalue weighted by Gasteiger charge is -2.22. The summed E-state index contributed by atoms with van der Waals surface area (Å²) in [5, 5.41) is 7.30.